The maximum absolute atomic E-state index is 14.7. The summed E-state index contributed by atoms with van der Waals surface area (Å²) in [6.07, 6.45) is 26.9. The molecule has 0 aliphatic carbocycles. The van der Waals surface area contributed by atoms with Crippen LogP contribution in [0.1, 0.15) is 222 Å². The molecule has 1 rings (SSSR count). The fourth-order valence-electron chi connectivity index (χ4n) is 12.6. The van der Waals surface area contributed by atoms with E-state index in [1.807, 2.05) is 0 Å². The highest BCUT2D eigenvalue weighted by atomic mass is 28.5. The van der Waals surface area contributed by atoms with Gasteiger partial charge in [-0.15, -0.1) is 0 Å². The molecule has 2 amide bonds. The van der Waals surface area contributed by atoms with Crippen LogP contribution in [0.4, 0.5) is 0 Å². The zero-order valence-corrected chi connectivity index (χ0v) is 71.3. The minimum Gasteiger partial charge on any atom is -0.437 e. The summed E-state index contributed by atoms with van der Waals surface area (Å²) in [5.41, 5.74) is 0.705. The Balaban J connectivity index is 3.51. The Morgan fingerprint density at radius 2 is 0.545 bits per heavy atom. The number of nitrogens with one attached hydrogen (secondary N) is 2. The number of ketones is 2. The van der Waals surface area contributed by atoms with E-state index in [9.17, 15) is 19.2 Å². The van der Waals surface area contributed by atoms with Crippen LogP contribution in [-0.2, 0) is 32.9 Å². The molecule has 0 saturated heterocycles. The molecule has 14 nitrogen and oxygen atoms in total. The normalized spacial score (nSPS) is 13.5. The Bertz CT molecular complexity index is 2070. The van der Waals surface area contributed by atoms with Crippen molar-refractivity contribution in [3.8, 4) is 0 Å². The Hall–Kier alpha value is -0.651. The van der Waals surface area contributed by atoms with Crippen molar-refractivity contribution in [1.82, 2.24) is 10.6 Å². The molecule has 88 heavy (non-hydrogen) atoms. The molecular weight excluding hydrogens is 1270 g/mol. The van der Waals surface area contributed by atoms with Gasteiger partial charge >= 0.3 is 51.4 Å². The molecule has 0 spiro atoms. The van der Waals surface area contributed by atoms with E-state index in [0.29, 0.717) is 32.4 Å². The molecule has 0 aromatic heterocycles. The highest BCUT2D eigenvalue weighted by molar-refractivity contribution is 6.91. The smallest absolute Gasteiger partial charge is 0.314 e. The Morgan fingerprint density at radius 3 is 0.875 bits per heavy atom. The number of rotatable bonds is 52. The van der Waals surface area contributed by atoms with Gasteiger partial charge in [0.2, 0.25) is 0 Å². The molecule has 0 atom stereocenters. The molecular formula is C64H136N2O12Si10. The number of Topliss-reactive ketones (excluding diaryl/α,β-unsaturated/α-hetero) is 2. The first-order chi connectivity index (χ1) is 40.4. The summed E-state index contributed by atoms with van der Waals surface area (Å²) in [6.45, 7) is 52.4. The van der Waals surface area contributed by atoms with Crippen LogP contribution in [0.3, 0.4) is 0 Å². The van der Waals surface area contributed by atoms with Gasteiger partial charge in [0.05, 0.1) is 11.1 Å². The second-order valence-corrected chi connectivity index (χ2v) is 70.9. The van der Waals surface area contributed by atoms with E-state index in [2.05, 4.69) is 169 Å². The highest BCUT2D eigenvalue weighted by Crippen LogP contribution is 2.31. The van der Waals surface area contributed by atoms with Crippen molar-refractivity contribution in [2.45, 2.75) is 337 Å². The standard InChI is InChI=1S/C64H136N2O12Si10/c1-25-27-29-31-33-35-37-38-40-42-44-49-61(67)57-55-58(62(68)50-45-47-53-81(9,10)73-85(17,18)77-87(21,22)75-83(13,14)71-79(3,4)5)59(63(69)65-51-46-43-41-39-36-34-32-30-28-26-2)56-60(57)64(70)66-52-48-54-82(11,12)74-86(19,20)78-88(23,24)76-84(15,16)72-80(6,7)8/h55-56H,25-54H2,1-24H3,(H,65,69)(H,66,70). The molecule has 2 N–H and O–H groups in total. The third-order valence-corrected chi connectivity index (χ3v) is 50.9. The van der Waals surface area contributed by atoms with E-state index in [1.54, 1.807) is 6.07 Å². The molecule has 0 fully saturated rings. The summed E-state index contributed by atoms with van der Waals surface area (Å²) < 4.78 is 53.9. The molecule has 0 heterocycles. The molecule has 0 radical (unpaired) electrons. The van der Waals surface area contributed by atoms with Crippen LogP contribution in [0, 0.1) is 0 Å². The largest absolute Gasteiger partial charge is 0.437 e. The fraction of sp³-hybridized carbons (Fsp3) is 0.844. The summed E-state index contributed by atoms with van der Waals surface area (Å²) >= 11 is 0. The Kier molecular flexibility index (Phi) is 38.8. The van der Waals surface area contributed by atoms with Crippen LogP contribution in [0.15, 0.2) is 12.1 Å². The molecule has 514 valence electrons. The van der Waals surface area contributed by atoms with Gasteiger partial charge in [-0.05, 0) is 194 Å². The molecule has 0 aliphatic heterocycles. The maximum atomic E-state index is 14.7. The minimum absolute atomic E-state index is 0.144. The van der Waals surface area contributed by atoms with Crippen molar-refractivity contribution in [3.05, 3.63) is 34.4 Å². The van der Waals surface area contributed by atoms with Gasteiger partial charge in [-0.1, -0.05) is 142 Å². The van der Waals surface area contributed by atoms with Gasteiger partial charge in [-0.2, -0.15) is 0 Å². The maximum Gasteiger partial charge on any atom is 0.314 e. The van der Waals surface area contributed by atoms with E-state index < -0.39 is 96.4 Å². The lowest BCUT2D eigenvalue weighted by Gasteiger charge is -2.42. The summed E-state index contributed by atoms with van der Waals surface area (Å²) in [5.74, 6) is -1.21. The number of benzene rings is 1. The molecule has 0 unspecified atom stereocenters. The van der Waals surface area contributed by atoms with Gasteiger partial charge in [0.25, 0.3) is 11.8 Å². The van der Waals surface area contributed by atoms with Crippen molar-refractivity contribution >= 4 is 108 Å². The third kappa shape index (κ3) is 41.2. The molecule has 0 bridgehead atoms. The highest BCUT2D eigenvalue weighted by Gasteiger charge is 2.47. The van der Waals surface area contributed by atoms with E-state index in [1.165, 1.54) is 96.0 Å². The van der Waals surface area contributed by atoms with E-state index >= 15 is 0 Å². The first-order valence-electron chi connectivity index (χ1n) is 34.8. The van der Waals surface area contributed by atoms with Crippen LogP contribution in [-0.4, -0.2) is 121 Å². The Morgan fingerprint density at radius 1 is 0.295 bits per heavy atom. The number of hydrogen-bond acceptors (Lipinski definition) is 12. The van der Waals surface area contributed by atoms with Crippen LogP contribution in [0.25, 0.3) is 0 Å². The van der Waals surface area contributed by atoms with Gasteiger partial charge in [-0.25, -0.2) is 0 Å². The molecule has 0 saturated carbocycles. The van der Waals surface area contributed by atoms with E-state index in [4.69, 9.17) is 32.9 Å². The number of hydrogen-bond donors (Lipinski definition) is 2. The van der Waals surface area contributed by atoms with E-state index in [-0.39, 0.29) is 46.7 Å². The third-order valence-electron chi connectivity index (χ3n) is 14.9. The lowest BCUT2D eigenvalue weighted by molar-refractivity contribution is 0.0919. The molecule has 1 aromatic carbocycles. The van der Waals surface area contributed by atoms with Crippen LogP contribution in [0.2, 0.25) is 156 Å². The monoisotopic (exact) mass is 1400 g/mol. The first-order valence-corrected chi connectivity index (χ1v) is 64.7. The number of unbranched alkanes of at least 4 members (excludes halogenated alkanes) is 20. The van der Waals surface area contributed by atoms with Crippen molar-refractivity contribution in [3.63, 3.8) is 0 Å². The van der Waals surface area contributed by atoms with Crippen molar-refractivity contribution in [2.75, 3.05) is 13.1 Å². The number of carbonyl (C=O) groups excluding carboxylic acids is 4. The first kappa shape index (κ1) is 85.4. The SMILES string of the molecule is CCCCCCCCCCCCCC(=O)c1cc(C(=O)CCCC[Si](C)(C)O[Si](C)(C)O[Si](C)(C)O[Si](C)(C)O[Si](C)(C)C)c(C(=O)NCCCCCCCCCCCC)cc1C(=O)NCCC[Si](C)(C)O[Si](C)(C)O[Si](C)(C)O[Si](C)(C)O[Si](C)(C)C. The molecule has 1 aromatic rings. The lowest BCUT2D eigenvalue weighted by Crippen LogP contribution is -2.58. The van der Waals surface area contributed by atoms with Crippen molar-refractivity contribution < 1.29 is 52.1 Å². The van der Waals surface area contributed by atoms with Crippen LogP contribution in [0.5, 0.6) is 0 Å². The van der Waals surface area contributed by atoms with Crippen molar-refractivity contribution in [2.24, 2.45) is 0 Å². The summed E-state index contributed by atoms with van der Waals surface area (Å²) in [7, 11) is -23.6. The topological polar surface area (TPSA) is 166 Å². The quantitative estimate of drug-likeness (QED) is 0.0361. The van der Waals surface area contributed by atoms with Gasteiger partial charge in [-0.3, -0.25) is 19.2 Å². The van der Waals surface area contributed by atoms with Gasteiger partial charge < -0.3 is 43.6 Å². The lowest BCUT2D eigenvalue weighted by atomic mass is 9.90. The number of carbonyl (C=O) groups is 4. The second-order valence-electron chi connectivity index (χ2n) is 31.0. The predicted molar refractivity (Wildman–Crippen MR) is 396 cm³/mol. The van der Waals surface area contributed by atoms with Gasteiger partial charge in [0.15, 0.2) is 44.8 Å². The summed E-state index contributed by atoms with van der Waals surface area (Å²) in [6, 6.07) is 4.70. The van der Waals surface area contributed by atoms with Crippen molar-refractivity contribution in [1.29, 1.82) is 0 Å². The molecule has 0 aliphatic rings. The van der Waals surface area contributed by atoms with Crippen LogP contribution < -0.4 is 10.6 Å². The number of amides is 2. The summed E-state index contributed by atoms with van der Waals surface area (Å²) in [5, 5.41) is 6.25. The Labute approximate surface area is 551 Å². The van der Waals surface area contributed by atoms with Crippen LogP contribution >= 0.6 is 0 Å². The predicted octanol–water partition coefficient (Wildman–Crippen LogP) is 20.1. The summed E-state index contributed by atoms with van der Waals surface area (Å²) in [4.78, 5) is 58.3. The zero-order valence-electron chi connectivity index (χ0n) is 61.3. The molecule has 24 heteroatoms. The minimum atomic E-state index is -2.65. The van der Waals surface area contributed by atoms with Gasteiger partial charge in [0, 0.05) is 37.1 Å². The van der Waals surface area contributed by atoms with Gasteiger partial charge in [0.1, 0.15) is 0 Å². The second kappa shape index (κ2) is 40.0. The zero-order chi connectivity index (χ0) is 67.3. The average molecular weight is 1410 g/mol. The van der Waals surface area contributed by atoms with E-state index in [0.717, 1.165) is 57.0 Å². The average Bonchev–Trinajstić information content (AvgIpc) is 2.27. The fourth-order valence-corrected chi connectivity index (χ4v) is 60.2.